The predicted molar refractivity (Wildman–Crippen MR) is 87.9 cm³/mol. The van der Waals surface area contributed by atoms with Gasteiger partial charge >= 0.3 is 0 Å². The molecule has 23 heavy (non-hydrogen) atoms. The van der Waals surface area contributed by atoms with E-state index in [4.69, 9.17) is 4.74 Å². The molecular weight excluding hydrogens is 292 g/mol. The molecule has 0 bridgehead atoms. The van der Waals surface area contributed by atoms with Crippen LogP contribution in [-0.2, 0) is 14.3 Å². The first-order valence-corrected chi connectivity index (χ1v) is 8.42. The number of hydrogen-bond acceptors (Lipinski definition) is 3. The van der Waals surface area contributed by atoms with Gasteiger partial charge in [-0.2, -0.15) is 0 Å². The number of ether oxygens (including phenoxy) is 1. The molecular formula is C18H24N2O3. The third kappa shape index (κ3) is 4.32. The van der Waals surface area contributed by atoms with Gasteiger partial charge in [-0.05, 0) is 50.3 Å². The molecule has 2 amide bonds. The van der Waals surface area contributed by atoms with Gasteiger partial charge in [-0.15, -0.1) is 0 Å². The Kier molecular flexibility index (Phi) is 4.96. The number of carbonyl (C=O) groups is 2. The van der Waals surface area contributed by atoms with E-state index >= 15 is 0 Å². The van der Waals surface area contributed by atoms with E-state index in [0.29, 0.717) is 13.2 Å². The molecule has 2 N–H and O–H groups in total. The van der Waals surface area contributed by atoms with Gasteiger partial charge in [0.25, 0.3) is 0 Å². The molecule has 0 aromatic heterocycles. The molecule has 1 saturated heterocycles. The van der Waals surface area contributed by atoms with E-state index in [1.807, 2.05) is 31.2 Å². The average Bonchev–Trinajstić information content (AvgIpc) is 3.41. The third-order valence-electron chi connectivity index (χ3n) is 4.58. The van der Waals surface area contributed by atoms with Gasteiger partial charge in [0.05, 0.1) is 6.04 Å². The number of anilines is 1. The lowest BCUT2D eigenvalue weighted by molar-refractivity contribution is -0.128. The van der Waals surface area contributed by atoms with Crippen LogP contribution in [0.2, 0.25) is 0 Å². The predicted octanol–water partition coefficient (Wildman–Crippen LogP) is 2.64. The fourth-order valence-electron chi connectivity index (χ4n) is 2.82. The van der Waals surface area contributed by atoms with Gasteiger partial charge in [0, 0.05) is 30.7 Å². The first-order valence-electron chi connectivity index (χ1n) is 8.42. The van der Waals surface area contributed by atoms with Crippen molar-refractivity contribution in [3.8, 4) is 0 Å². The summed E-state index contributed by atoms with van der Waals surface area (Å²) in [5.41, 5.74) is 1.85. The Morgan fingerprint density at radius 3 is 2.22 bits per heavy atom. The molecule has 1 aliphatic heterocycles. The maximum atomic E-state index is 12.3. The van der Waals surface area contributed by atoms with Crippen molar-refractivity contribution in [2.24, 2.45) is 11.8 Å². The Morgan fingerprint density at radius 2 is 1.61 bits per heavy atom. The zero-order chi connectivity index (χ0) is 16.2. The summed E-state index contributed by atoms with van der Waals surface area (Å²) in [7, 11) is 0. The molecule has 3 rings (SSSR count). The Balaban J connectivity index is 1.53. The number of hydrogen-bond donors (Lipinski definition) is 2. The van der Waals surface area contributed by atoms with Gasteiger partial charge in [-0.25, -0.2) is 0 Å². The molecule has 0 radical (unpaired) electrons. The zero-order valence-electron chi connectivity index (χ0n) is 13.5. The van der Waals surface area contributed by atoms with E-state index in [-0.39, 0.29) is 29.7 Å². The van der Waals surface area contributed by atoms with Gasteiger partial charge in [0.15, 0.2) is 0 Å². The Labute approximate surface area is 136 Å². The monoisotopic (exact) mass is 316 g/mol. The standard InChI is InChI=1S/C18H24N2O3/c1-12(19-17(21)15-8-10-23-11-9-15)13-4-6-16(7-5-13)20-18(22)14-2-3-14/h4-7,12,14-15H,2-3,8-11H2,1H3,(H,19,21)(H,20,22)/t12-/m0/s1. The number of amides is 2. The first-order chi connectivity index (χ1) is 11.1. The lowest BCUT2D eigenvalue weighted by Gasteiger charge is -2.23. The van der Waals surface area contributed by atoms with Crippen LogP contribution in [0, 0.1) is 11.8 Å². The molecule has 1 aromatic carbocycles. The van der Waals surface area contributed by atoms with Gasteiger partial charge in [0.2, 0.25) is 11.8 Å². The fraction of sp³-hybridized carbons (Fsp3) is 0.556. The molecule has 0 unspecified atom stereocenters. The molecule has 5 heteroatoms. The largest absolute Gasteiger partial charge is 0.381 e. The maximum Gasteiger partial charge on any atom is 0.227 e. The molecule has 5 nitrogen and oxygen atoms in total. The first kappa shape index (κ1) is 16.0. The molecule has 1 aromatic rings. The number of rotatable bonds is 5. The van der Waals surface area contributed by atoms with Crippen molar-refractivity contribution < 1.29 is 14.3 Å². The number of benzene rings is 1. The van der Waals surface area contributed by atoms with Crippen LogP contribution in [0.3, 0.4) is 0 Å². The normalized spacial score (nSPS) is 19.9. The van der Waals surface area contributed by atoms with Crippen molar-refractivity contribution >= 4 is 17.5 Å². The minimum atomic E-state index is -0.0430. The van der Waals surface area contributed by atoms with E-state index in [1.165, 1.54) is 0 Å². The topological polar surface area (TPSA) is 67.4 Å². The minimum absolute atomic E-state index is 0.0430. The molecule has 124 valence electrons. The van der Waals surface area contributed by atoms with Crippen molar-refractivity contribution in [1.82, 2.24) is 5.32 Å². The van der Waals surface area contributed by atoms with E-state index in [2.05, 4.69) is 10.6 Å². The average molecular weight is 316 g/mol. The van der Waals surface area contributed by atoms with Gasteiger partial charge in [0.1, 0.15) is 0 Å². The number of nitrogens with one attached hydrogen (secondary N) is 2. The SMILES string of the molecule is C[C@H](NC(=O)C1CCOCC1)c1ccc(NC(=O)C2CC2)cc1. The Bertz CT molecular complexity index is 560. The van der Waals surface area contributed by atoms with Crippen LogP contribution in [0.4, 0.5) is 5.69 Å². The van der Waals surface area contributed by atoms with Crippen molar-refractivity contribution in [3.63, 3.8) is 0 Å². The van der Waals surface area contributed by atoms with Crippen LogP contribution in [-0.4, -0.2) is 25.0 Å². The second-order valence-corrected chi connectivity index (χ2v) is 6.50. The van der Waals surface area contributed by atoms with Crippen molar-refractivity contribution in [3.05, 3.63) is 29.8 Å². The highest BCUT2D eigenvalue weighted by atomic mass is 16.5. The molecule has 1 saturated carbocycles. The highest BCUT2D eigenvalue weighted by Gasteiger charge is 2.29. The zero-order valence-corrected chi connectivity index (χ0v) is 13.5. The smallest absolute Gasteiger partial charge is 0.227 e. The fourth-order valence-corrected chi connectivity index (χ4v) is 2.82. The summed E-state index contributed by atoms with van der Waals surface area (Å²) in [4.78, 5) is 24.0. The second-order valence-electron chi connectivity index (χ2n) is 6.50. The summed E-state index contributed by atoms with van der Waals surface area (Å²) >= 11 is 0. The summed E-state index contributed by atoms with van der Waals surface area (Å²) in [6.45, 7) is 3.32. The molecule has 1 atom stereocenters. The van der Waals surface area contributed by atoms with Crippen molar-refractivity contribution in [2.75, 3.05) is 18.5 Å². The highest BCUT2D eigenvalue weighted by molar-refractivity contribution is 5.94. The lowest BCUT2D eigenvalue weighted by atomic mass is 9.98. The van der Waals surface area contributed by atoms with Crippen LogP contribution in [0.5, 0.6) is 0 Å². The van der Waals surface area contributed by atoms with E-state index in [0.717, 1.165) is 36.9 Å². The van der Waals surface area contributed by atoms with Crippen LogP contribution >= 0.6 is 0 Å². The number of carbonyl (C=O) groups excluding carboxylic acids is 2. The molecule has 1 heterocycles. The van der Waals surface area contributed by atoms with Gasteiger partial charge in [-0.1, -0.05) is 12.1 Å². The van der Waals surface area contributed by atoms with Crippen LogP contribution < -0.4 is 10.6 Å². The summed E-state index contributed by atoms with van der Waals surface area (Å²) in [6.07, 6.45) is 3.59. The van der Waals surface area contributed by atoms with Crippen LogP contribution in [0.15, 0.2) is 24.3 Å². The second kappa shape index (κ2) is 7.13. The molecule has 2 fully saturated rings. The van der Waals surface area contributed by atoms with Crippen molar-refractivity contribution in [1.29, 1.82) is 0 Å². The third-order valence-corrected chi connectivity index (χ3v) is 4.58. The minimum Gasteiger partial charge on any atom is -0.381 e. The molecule has 1 aliphatic carbocycles. The highest BCUT2D eigenvalue weighted by Crippen LogP contribution is 2.30. The van der Waals surface area contributed by atoms with E-state index < -0.39 is 0 Å². The maximum absolute atomic E-state index is 12.3. The lowest BCUT2D eigenvalue weighted by Crippen LogP contribution is -2.35. The summed E-state index contributed by atoms with van der Waals surface area (Å²) in [6, 6.07) is 7.66. The van der Waals surface area contributed by atoms with Crippen molar-refractivity contribution in [2.45, 2.75) is 38.6 Å². The quantitative estimate of drug-likeness (QED) is 0.877. The van der Waals surface area contributed by atoms with Crippen LogP contribution in [0.25, 0.3) is 0 Å². The Hall–Kier alpha value is -1.88. The van der Waals surface area contributed by atoms with E-state index in [1.54, 1.807) is 0 Å². The summed E-state index contributed by atoms with van der Waals surface area (Å²) in [5, 5.41) is 5.99. The van der Waals surface area contributed by atoms with Gasteiger partial charge < -0.3 is 15.4 Å². The van der Waals surface area contributed by atoms with Gasteiger partial charge in [-0.3, -0.25) is 9.59 Å². The van der Waals surface area contributed by atoms with E-state index in [9.17, 15) is 9.59 Å². The molecule has 0 spiro atoms. The van der Waals surface area contributed by atoms with Crippen LogP contribution in [0.1, 0.15) is 44.2 Å². The Morgan fingerprint density at radius 1 is 1.00 bits per heavy atom. The summed E-state index contributed by atoms with van der Waals surface area (Å²) in [5.74, 6) is 0.473. The summed E-state index contributed by atoms with van der Waals surface area (Å²) < 4.78 is 5.29. The molecule has 2 aliphatic rings.